The Bertz CT molecular complexity index is 311. The lowest BCUT2D eigenvalue weighted by molar-refractivity contribution is 0.270. The first kappa shape index (κ1) is 9.52. The van der Waals surface area contributed by atoms with Crippen molar-refractivity contribution in [2.24, 2.45) is 0 Å². The smallest absolute Gasteiger partial charge is 0.142 e. The molecular weight excluding hydrogens is 186 g/mol. The topological polar surface area (TPSA) is 24.9 Å². The fourth-order valence-electron chi connectivity index (χ4n) is 1.77. The van der Waals surface area contributed by atoms with Gasteiger partial charge in [0, 0.05) is 17.8 Å². The first-order chi connectivity index (χ1) is 6.77. The summed E-state index contributed by atoms with van der Waals surface area (Å²) in [6, 6.07) is 1.02. The van der Waals surface area contributed by atoms with Crippen LogP contribution in [0.4, 0.5) is 8.78 Å². The Morgan fingerprint density at radius 1 is 1.50 bits per heavy atom. The number of nitrogens with zero attached hydrogens (tertiary/aromatic N) is 1. The van der Waals surface area contributed by atoms with Gasteiger partial charge in [-0.3, -0.25) is 4.98 Å². The van der Waals surface area contributed by atoms with Crippen LogP contribution in [-0.4, -0.2) is 17.6 Å². The van der Waals surface area contributed by atoms with E-state index in [1.807, 2.05) is 0 Å². The lowest BCUT2D eigenvalue weighted by atomic mass is 10.0. The number of aromatic nitrogens is 1. The van der Waals surface area contributed by atoms with Gasteiger partial charge in [0.25, 0.3) is 0 Å². The minimum Gasteiger partial charge on any atom is -0.311 e. The van der Waals surface area contributed by atoms with E-state index in [1.54, 1.807) is 0 Å². The third-order valence-electron chi connectivity index (χ3n) is 2.50. The monoisotopic (exact) mass is 198 g/mol. The zero-order chi connectivity index (χ0) is 9.97. The molecule has 4 heteroatoms. The molecule has 1 saturated heterocycles. The summed E-state index contributed by atoms with van der Waals surface area (Å²) in [6.07, 6.45) is 3.10. The molecule has 2 nitrogen and oxygen atoms in total. The van der Waals surface area contributed by atoms with Crippen molar-refractivity contribution < 1.29 is 8.78 Å². The van der Waals surface area contributed by atoms with E-state index in [9.17, 15) is 8.78 Å². The van der Waals surface area contributed by atoms with E-state index in [0.29, 0.717) is 5.56 Å². The summed E-state index contributed by atoms with van der Waals surface area (Å²) in [5.41, 5.74) is 0.324. The van der Waals surface area contributed by atoms with Gasteiger partial charge in [0.15, 0.2) is 0 Å². The van der Waals surface area contributed by atoms with Crippen LogP contribution in [0.5, 0.6) is 0 Å². The van der Waals surface area contributed by atoms with Crippen LogP contribution in [0.15, 0.2) is 18.5 Å². The molecular formula is C10H12F2N2. The normalized spacial score (nSPS) is 23.7. The molecule has 1 aromatic heterocycles. The summed E-state index contributed by atoms with van der Waals surface area (Å²) in [6.45, 7) is 0.841. The van der Waals surface area contributed by atoms with Crippen LogP contribution in [0.25, 0.3) is 0 Å². The van der Waals surface area contributed by atoms with Crippen molar-refractivity contribution in [1.82, 2.24) is 10.3 Å². The van der Waals surface area contributed by atoms with Crippen molar-refractivity contribution in [3.63, 3.8) is 0 Å². The highest BCUT2D eigenvalue weighted by Crippen LogP contribution is 2.26. The number of halogens is 2. The number of nitrogens with one attached hydrogen (secondary N) is 1. The van der Waals surface area contributed by atoms with E-state index in [4.69, 9.17) is 0 Å². The van der Waals surface area contributed by atoms with Gasteiger partial charge in [0.2, 0.25) is 0 Å². The summed E-state index contributed by atoms with van der Waals surface area (Å²) < 4.78 is 26.5. The highest BCUT2D eigenvalue weighted by atomic mass is 19.1. The number of rotatable bonds is 2. The highest BCUT2D eigenvalue weighted by molar-refractivity contribution is 5.15. The van der Waals surface area contributed by atoms with Gasteiger partial charge in [0.1, 0.15) is 12.0 Å². The zero-order valence-corrected chi connectivity index (χ0v) is 7.71. The predicted molar refractivity (Wildman–Crippen MR) is 49.1 cm³/mol. The predicted octanol–water partition coefficient (Wildman–Crippen LogP) is 1.98. The van der Waals surface area contributed by atoms with Gasteiger partial charge in [-0.1, -0.05) is 0 Å². The third-order valence-corrected chi connectivity index (χ3v) is 2.50. The molecule has 0 spiro atoms. The molecule has 1 N–H and O–H groups in total. The quantitative estimate of drug-likeness (QED) is 0.786. The van der Waals surface area contributed by atoms with Gasteiger partial charge in [-0.2, -0.15) is 0 Å². The van der Waals surface area contributed by atoms with Crippen LogP contribution in [0, 0.1) is 5.82 Å². The molecule has 2 unspecified atom stereocenters. The van der Waals surface area contributed by atoms with Crippen LogP contribution < -0.4 is 5.32 Å². The van der Waals surface area contributed by atoms with Crippen molar-refractivity contribution in [2.75, 3.05) is 6.54 Å². The minimum absolute atomic E-state index is 0.182. The molecule has 0 amide bonds. The molecule has 14 heavy (non-hydrogen) atoms. The number of pyridine rings is 1. The number of hydrogen-bond acceptors (Lipinski definition) is 2. The summed E-state index contributed by atoms with van der Waals surface area (Å²) in [7, 11) is 0. The van der Waals surface area contributed by atoms with Gasteiger partial charge in [-0.25, -0.2) is 8.78 Å². The zero-order valence-electron chi connectivity index (χ0n) is 7.71. The second-order valence-corrected chi connectivity index (χ2v) is 3.54. The largest absolute Gasteiger partial charge is 0.311 e. The van der Waals surface area contributed by atoms with Crippen molar-refractivity contribution in [3.05, 3.63) is 29.8 Å². The average Bonchev–Trinajstić information content (AvgIpc) is 2.69. The van der Waals surface area contributed by atoms with Gasteiger partial charge in [0.05, 0.1) is 6.20 Å². The molecule has 0 aromatic carbocycles. The lowest BCUT2D eigenvalue weighted by Crippen LogP contribution is -2.26. The van der Waals surface area contributed by atoms with Gasteiger partial charge >= 0.3 is 0 Å². The average molecular weight is 198 g/mol. The Hall–Kier alpha value is -1.03. The maximum Gasteiger partial charge on any atom is 0.142 e. The molecule has 1 fully saturated rings. The summed E-state index contributed by atoms with van der Waals surface area (Å²) >= 11 is 0. The fourth-order valence-corrected chi connectivity index (χ4v) is 1.77. The number of alkyl halides is 1. The van der Waals surface area contributed by atoms with Crippen molar-refractivity contribution in [2.45, 2.75) is 25.1 Å². The molecule has 76 valence electrons. The van der Waals surface area contributed by atoms with Crippen LogP contribution in [0.2, 0.25) is 0 Å². The van der Waals surface area contributed by atoms with Crippen LogP contribution in [0.3, 0.4) is 0 Å². The molecule has 1 aliphatic rings. The molecule has 0 saturated carbocycles. The SMILES string of the molecule is Fc1cncc(C(F)C2CCCN2)c1. The summed E-state index contributed by atoms with van der Waals surface area (Å²) in [5.74, 6) is -0.483. The Balaban J connectivity index is 2.13. The van der Waals surface area contributed by atoms with Crippen molar-refractivity contribution >= 4 is 0 Å². The fraction of sp³-hybridized carbons (Fsp3) is 0.500. The molecule has 0 bridgehead atoms. The van der Waals surface area contributed by atoms with Crippen molar-refractivity contribution in [3.8, 4) is 0 Å². The summed E-state index contributed by atoms with van der Waals surface area (Å²) in [4.78, 5) is 3.63. The maximum absolute atomic E-state index is 13.8. The maximum atomic E-state index is 13.8. The van der Waals surface area contributed by atoms with Gasteiger partial charge in [-0.15, -0.1) is 0 Å². The Morgan fingerprint density at radius 3 is 3.00 bits per heavy atom. The molecule has 0 radical (unpaired) electrons. The molecule has 1 aliphatic heterocycles. The van der Waals surface area contributed by atoms with E-state index in [0.717, 1.165) is 25.6 Å². The van der Waals surface area contributed by atoms with Gasteiger partial charge in [-0.05, 0) is 25.5 Å². The summed E-state index contributed by atoms with van der Waals surface area (Å²) in [5, 5.41) is 3.05. The molecule has 0 aliphatic carbocycles. The molecule has 2 atom stereocenters. The standard InChI is InChI=1S/C10H12F2N2/c11-8-4-7(5-13-6-8)10(12)9-2-1-3-14-9/h4-6,9-10,14H,1-3H2. The first-order valence-electron chi connectivity index (χ1n) is 4.75. The van der Waals surface area contributed by atoms with Crippen LogP contribution in [-0.2, 0) is 0 Å². The van der Waals surface area contributed by atoms with Gasteiger partial charge < -0.3 is 5.32 Å². The third kappa shape index (κ3) is 1.90. The second kappa shape index (κ2) is 4.00. The van der Waals surface area contributed by atoms with E-state index in [1.165, 1.54) is 12.3 Å². The Labute approximate surface area is 81.4 Å². The lowest BCUT2D eigenvalue weighted by Gasteiger charge is -2.15. The van der Waals surface area contributed by atoms with E-state index < -0.39 is 12.0 Å². The highest BCUT2D eigenvalue weighted by Gasteiger charge is 2.25. The van der Waals surface area contributed by atoms with E-state index >= 15 is 0 Å². The molecule has 2 heterocycles. The molecule has 1 aromatic rings. The van der Waals surface area contributed by atoms with E-state index in [2.05, 4.69) is 10.3 Å². The number of hydrogen-bond donors (Lipinski definition) is 1. The van der Waals surface area contributed by atoms with Crippen molar-refractivity contribution in [1.29, 1.82) is 0 Å². The molecule has 2 rings (SSSR count). The Kier molecular flexibility index (Phi) is 2.72. The van der Waals surface area contributed by atoms with Crippen LogP contribution >= 0.6 is 0 Å². The second-order valence-electron chi connectivity index (χ2n) is 3.54. The first-order valence-corrected chi connectivity index (χ1v) is 4.75. The Morgan fingerprint density at radius 2 is 2.36 bits per heavy atom. The van der Waals surface area contributed by atoms with E-state index in [-0.39, 0.29) is 6.04 Å². The minimum atomic E-state index is -1.15. The van der Waals surface area contributed by atoms with Crippen LogP contribution in [0.1, 0.15) is 24.6 Å².